The smallest absolute Gasteiger partial charge is 0.243 e. The fraction of sp³-hybridized carbons (Fsp3) is 0.350. The molecule has 0 atom stereocenters. The molecule has 0 bridgehead atoms. The zero-order valence-electron chi connectivity index (χ0n) is 14.9. The second-order valence-corrected chi connectivity index (χ2v) is 7.02. The number of hydrogen-bond donors (Lipinski definition) is 1. The van der Waals surface area contributed by atoms with Crippen molar-refractivity contribution < 1.29 is 4.79 Å². The van der Waals surface area contributed by atoms with Crippen LogP contribution in [0.25, 0.3) is 0 Å². The second-order valence-electron chi connectivity index (χ2n) is 6.59. The Morgan fingerprint density at radius 3 is 2.50 bits per heavy atom. The Morgan fingerprint density at radius 1 is 1.19 bits per heavy atom. The Bertz CT molecular complexity index is 753. The third-order valence-corrected chi connectivity index (χ3v) is 4.96. The van der Waals surface area contributed by atoms with E-state index < -0.39 is 0 Å². The summed E-state index contributed by atoms with van der Waals surface area (Å²) in [5.74, 6) is 0.0232. The van der Waals surface area contributed by atoms with Crippen molar-refractivity contribution >= 4 is 23.2 Å². The summed E-state index contributed by atoms with van der Waals surface area (Å²) in [6.45, 7) is 4.59. The van der Waals surface area contributed by atoms with Gasteiger partial charge in [-0.3, -0.25) is 14.7 Å². The topological polar surface area (TPSA) is 57.6 Å². The van der Waals surface area contributed by atoms with Gasteiger partial charge in [-0.1, -0.05) is 23.7 Å². The number of pyridine rings is 1. The first-order chi connectivity index (χ1) is 12.6. The van der Waals surface area contributed by atoms with E-state index in [1.807, 2.05) is 31.2 Å². The maximum Gasteiger partial charge on any atom is 0.243 e. The minimum absolute atomic E-state index is 0.00421. The van der Waals surface area contributed by atoms with Gasteiger partial charge < -0.3 is 0 Å². The highest BCUT2D eigenvalue weighted by Gasteiger charge is 2.24. The van der Waals surface area contributed by atoms with Gasteiger partial charge in [0, 0.05) is 35.4 Å². The highest BCUT2D eigenvalue weighted by Crippen LogP contribution is 2.20. The molecule has 0 radical (unpaired) electrons. The number of hydrazone groups is 1. The molecule has 1 saturated heterocycles. The minimum Gasteiger partial charge on any atom is -0.299 e. The predicted octanol–water partition coefficient (Wildman–Crippen LogP) is 3.49. The lowest BCUT2D eigenvalue weighted by molar-refractivity contribution is -0.126. The van der Waals surface area contributed by atoms with E-state index in [0.717, 1.165) is 48.8 Å². The number of carbonyl (C=O) groups is 1. The number of halogens is 1. The van der Waals surface area contributed by atoms with E-state index >= 15 is 0 Å². The summed E-state index contributed by atoms with van der Waals surface area (Å²) in [7, 11) is 0. The van der Waals surface area contributed by atoms with E-state index in [9.17, 15) is 4.79 Å². The number of likely N-dealkylation sites (tertiary alicyclic amines) is 1. The van der Waals surface area contributed by atoms with Gasteiger partial charge in [0.25, 0.3) is 0 Å². The summed E-state index contributed by atoms with van der Waals surface area (Å²) in [6.07, 6.45) is 5.13. The van der Waals surface area contributed by atoms with Gasteiger partial charge in [-0.05, 0) is 62.7 Å². The van der Waals surface area contributed by atoms with Crippen molar-refractivity contribution in [2.24, 2.45) is 11.0 Å². The number of nitrogens with zero attached hydrogens (tertiary/aromatic N) is 3. The third-order valence-electron chi connectivity index (χ3n) is 4.71. The molecule has 26 heavy (non-hydrogen) atoms. The molecule has 136 valence electrons. The van der Waals surface area contributed by atoms with Crippen LogP contribution in [0.1, 0.15) is 30.9 Å². The van der Waals surface area contributed by atoms with Gasteiger partial charge in [0.1, 0.15) is 0 Å². The molecule has 0 aliphatic carbocycles. The molecule has 3 rings (SSSR count). The lowest BCUT2D eigenvalue weighted by Crippen LogP contribution is -2.39. The minimum atomic E-state index is 0.00421. The van der Waals surface area contributed by atoms with E-state index in [4.69, 9.17) is 11.6 Å². The Labute approximate surface area is 159 Å². The van der Waals surface area contributed by atoms with E-state index in [-0.39, 0.29) is 11.8 Å². The molecule has 2 aromatic rings. The van der Waals surface area contributed by atoms with Gasteiger partial charge >= 0.3 is 0 Å². The van der Waals surface area contributed by atoms with Gasteiger partial charge in [0.05, 0.1) is 5.71 Å². The lowest BCUT2D eigenvalue weighted by atomic mass is 9.96. The summed E-state index contributed by atoms with van der Waals surface area (Å²) >= 11 is 5.93. The van der Waals surface area contributed by atoms with Crippen LogP contribution < -0.4 is 5.43 Å². The summed E-state index contributed by atoms with van der Waals surface area (Å²) in [6, 6.07) is 11.7. The molecule has 1 aromatic carbocycles. The molecule has 0 saturated carbocycles. The first-order valence-electron chi connectivity index (χ1n) is 8.83. The third kappa shape index (κ3) is 5.13. The number of nitrogens with one attached hydrogen (secondary N) is 1. The number of benzene rings is 1. The molecule has 2 heterocycles. The fourth-order valence-electron chi connectivity index (χ4n) is 3.09. The van der Waals surface area contributed by atoms with Crippen LogP contribution in [0.5, 0.6) is 0 Å². The Hall–Kier alpha value is -2.24. The normalized spacial score (nSPS) is 16.5. The molecular formula is C20H23ClN4O. The SMILES string of the molecule is C/C(=N\NC(=O)C1CCN(Cc2ccc(Cl)cc2)CC1)c1ccncc1. The molecule has 1 N–H and O–H groups in total. The lowest BCUT2D eigenvalue weighted by Gasteiger charge is -2.30. The van der Waals surface area contributed by atoms with Crippen molar-refractivity contribution in [1.29, 1.82) is 0 Å². The van der Waals surface area contributed by atoms with E-state index in [1.54, 1.807) is 12.4 Å². The molecule has 1 aliphatic heterocycles. The Morgan fingerprint density at radius 2 is 1.85 bits per heavy atom. The monoisotopic (exact) mass is 370 g/mol. The van der Waals surface area contributed by atoms with Crippen LogP contribution in [-0.2, 0) is 11.3 Å². The number of carbonyl (C=O) groups excluding carboxylic acids is 1. The highest BCUT2D eigenvalue weighted by atomic mass is 35.5. The summed E-state index contributed by atoms with van der Waals surface area (Å²) in [5, 5.41) is 4.98. The average Bonchev–Trinajstić information content (AvgIpc) is 2.69. The Kier molecular flexibility index (Phi) is 6.36. The second kappa shape index (κ2) is 8.92. The van der Waals surface area contributed by atoms with Crippen molar-refractivity contribution in [2.75, 3.05) is 13.1 Å². The number of hydrogen-bond acceptors (Lipinski definition) is 4. The van der Waals surface area contributed by atoms with E-state index in [1.165, 1.54) is 5.56 Å². The zero-order chi connectivity index (χ0) is 18.4. The van der Waals surface area contributed by atoms with Gasteiger partial charge in [0.15, 0.2) is 0 Å². The van der Waals surface area contributed by atoms with Crippen molar-refractivity contribution in [2.45, 2.75) is 26.3 Å². The molecular weight excluding hydrogens is 348 g/mol. The van der Waals surface area contributed by atoms with Gasteiger partial charge in [-0.15, -0.1) is 0 Å². The predicted molar refractivity (Wildman–Crippen MR) is 104 cm³/mol. The summed E-state index contributed by atoms with van der Waals surface area (Å²) < 4.78 is 0. The first-order valence-corrected chi connectivity index (χ1v) is 9.21. The van der Waals surface area contributed by atoms with E-state index in [2.05, 4.69) is 32.5 Å². The van der Waals surface area contributed by atoms with Crippen LogP contribution in [-0.4, -0.2) is 34.6 Å². The maximum atomic E-state index is 12.4. The molecule has 0 unspecified atom stereocenters. The number of rotatable bonds is 5. The number of piperidine rings is 1. The van der Waals surface area contributed by atoms with Crippen molar-refractivity contribution in [3.05, 3.63) is 64.9 Å². The summed E-state index contributed by atoms with van der Waals surface area (Å²) in [5.41, 5.74) is 5.70. The highest BCUT2D eigenvalue weighted by molar-refractivity contribution is 6.30. The van der Waals surface area contributed by atoms with E-state index in [0.29, 0.717) is 0 Å². The largest absolute Gasteiger partial charge is 0.299 e. The quantitative estimate of drug-likeness (QED) is 0.647. The first kappa shape index (κ1) is 18.5. The molecule has 5 nitrogen and oxygen atoms in total. The number of aromatic nitrogens is 1. The van der Waals surface area contributed by atoms with Crippen LogP contribution in [0.4, 0.5) is 0 Å². The van der Waals surface area contributed by atoms with Gasteiger partial charge in [-0.2, -0.15) is 5.10 Å². The average molecular weight is 371 g/mol. The van der Waals surface area contributed by atoms with Crippen molar-refractivity contribution in [3.63, 3.8) is 0 Å². The van der Waals surface area contributed by atoms with Crippen LogP contribution >= 0.6 is 11.6 Å². The zero-order valence-corrected chi connectivity index (χ0v) is 15.6. The molecule has 1 aromatic heterocycles. The van der Waals surface area contributed by atoms with Crippen LogP contribution in [0.2, 0.25) is 5.02 Å². The van der Waals surface area contributed by atoms with Crippen LogP contribution in [0.15, 0.2) is 53.9 Å². The van der Waals surface area contributed by atoms with Crippen molar-refractivity contribution in [1.82, 2.24) is 15.3 Å². The molecule has 1 amide bonds. The van der Waals surface area contributed by atoms with Crippen LogP contribution in [0, 0.1) is 5.92 Å². The van der Waals surface area contributed by atoms with Gasteiger partial charge in [-0.25, -0.2) is 5.43 Å². The molecule has 1 aliphatic rings. The number of amides is 1. The summed E-state index contributed by atoms with van der Waals surface area (Å²) in [4.78, 5) is 18.7. The Balaban J connectivity index is 1.47. The molecule has 6 heteroatoms. The molecule has 0 spiro atoms. The maximum absolute atomic E-state index is 12.4. The van der Waals surface area contributed by atoms with Crippen molar-refractivity contribution in [3.8, 4) is 0 Å². The molecule has 1 fully saturated rings. The van der Waals surface area contributed by atoms with Gasteiger partial charge in [0.2, 0.25) is 5.91 Å². The fourth-order valence-corrected chi connectivity index (χ4v) is 3.22. The van der Waals surface area contributed by atoms with Crippen LogP contribution in [0.3, 0.4) is 0 Å². The standard InChI is InChI=1S/C20H23ClN4O/c1-15(17-6-10-22-11-7-17)23-24-20(26)18-8-12-25(13-9-18)14-16-2-4-19(21)5-3-16/h2-7,10-11,18H,8-9,12-14H2,1H3,(H,24,26)/b23-15+.